The molecule has 1 aliphatic heterocycles. The van der Waals surface area contributed by atoms with Gasteiger partial charge in [0.05, 0.1) is 0 Å². The molecule has 0 spiro atoms. The molecule has 5 heteroatoms. The molecule has 1 saturated heterocycles. The minimum Gasteiger partial charge on any atom is -0.398 e. The number of carbonyl (C=O) groups excluding carboxylic acids is 1. The van der Waals surface area contributed by atoms with Crippen LogP contribution in [0, 0.1) is 5.92 Å². The van der Waals surface area contributed by atoms with Gasteiger partial charge in [0.15, 0.2) is 0 Å². The zero-order valence-corrected chi connectivity index (χ0v) is 10.3. The lowest BCUT2D eigenvalue weighted by molar-refractivity contribution is 0.0362. The molecule has 0 aliphatic carbocycles. The predicted molar refractivity (Wildman–Crippen MR) is 65.0 cm³/mol. The Balaban J connectivity index is 2.07. The van der Waals surface area contributed by atoms with Crippen molar-refractivity contribution in [3.8, 4) is 0 Å². The molecule has 2 rings (SSSR count). The molecule has 1 fully saturated rings. The number of likely N-dealkylation sites (tertiary alicyclic amines) is 1. The Morgan fingerprint density at radius 3 is 2.81 bits per heavy atom. The van der Waals surface area contributed by atoms with Gasteiger partial charge >= 0.3 is 0 Å². The van der Waals surface area contributed by atoms with E-state index in [0.717, 1.165) is 4.47 Å². The van der Waals surface area contributed by atoms with Crippen LogP contribution in [0.5, 0.6) is 0 Å². The van der Waals surface area contributed by atoms with Crippen LogP contribution in [0.1, 0.15) is 10.4 Å². The summed E-state index contributed by atoms with van der Waals surface area (Å²) in [4.78, 5) is 13.6. The fourth-order valence-corrected chi connectivity index (χ4v) is 1.96. The highest BCUT2D eigenvalue weighted by molar-refractivity contribution is 9.10. The Bertz CT molecular complexity index is 416. The monoisotopic (exact) mass is 284 g/mol. The van der Waals surface area contributed by atoms with Gasteiger partial charge < -0.3 is 15.7 Å². The molecule has 0 unspecified atom stereocenters. The number of aliphatic hydroxyl groups excluding tert-OH is 1. The summed E-state index contributed by atoms with van der Waals surface area (Å²) in [7, 11) is 0. The zero-order chi connectivity index (χ0) is 11.7. The van der Waals surface area contributed by atoms with Crippen LogP contribution in [0.2, 0.25) is 0 Å². The minimum absolute atomic E-state index is 0.0242. The molecule has 1 amide bonds. The third-order valence-corrected chi connectivity index (χ3v) is 3.47. The van der Waals surface area contributed by atoms with Crippen molar-refractivity contribution in [3.63, 3.8) is 0 Å². The van der Waals surface area contributed by atoms with Gasteiger partial charge in [-0.15, -0.1) is 0 Å². The van der Waals surface area contributed by atoms with Crippen molar-refractivity contribution in [2.45, 2.75) is 0 Å². The van der Waals surface area contributed by atoms with Crippen LogP contribution in [0.4, 0.5) is 5.69 Å². The van der Waals surface area contributed by atoms with Crippen molar-refractivity contribution < 1.29 is 9.90 Å². The molecule has 1 aromatic rings. The Kier molecular flexibility index (Phi) is 3.16. The molecular weight excluding hydrogens is 272 g/mol. The molecule has 1 aromatic carbocycles. The smallest absolute Gasteiger partial charge is 0.253 e. The molecule has 0 aromatic heterocycles. The third kappa shape index (κ3) is 2.05. The van der Waals surface area contributed by atoms with Gasteiger partial charge in [0.2, 0.25) is 0 Å². The van der Waals surface area contributed by atoms with E-state index in [1.54, 1.807) is 23.1 Å². The van der Waals surface area contributed by atoms with E-state index in [9.17, 15) is 4.79 Å². The summed E-state index contributed by atoms with van der Waals surface area (Å²) in [5, 5.41) is 8.87. The molecule has 1 aliphatic rings. The van der Waals surface area contributed by atoms with Crippen LogP contribution < -0.4 is 5.73 Å². The van der Waals surface area contributed by atoms with Crippen LogP contribution in [0.15, 0.2) is 22.7 Å². The molecule has 16 heavy (non-hydrogen) atoms. The van der Waals surface area contributed by atoms with Gasteiger partial charge in [-0.25, -0.2) is 0 Å². The average molecular weight is 285 g/mol. The van der Waals surface area contributed by atoms with Gasteiger partial charge in [0, 0.05) is 41.3 Å². The van der Waals surface area contributed by atoms with E-state index in [1.807, 2.05) is 0 Å². The number of nitrogens with two attached hydrogens (primary N) is 1. The Labute approximate surface area is 102 Å². The fourth-order valence-electron chi connectivity index (χ4n) is 1.71. The van der Waals surface area contributed by atoms with Crippen molar-refractivity contribution in [1.29, 1.82) is 0 Å². The molecular formula is C11H13BrN2O2. The number of amides is 1. The van der Waals surface area contributed by atoms with Crippen LogP contribution in [-0.2, 0) is 0 Å². The highest BCUT2D eigenvalue weighted by atomic mass is 79.9. The summed E-state index contributed by atoms with van der Waals surface area (Å²) >= 11 is 3.28. The number of nitrogens with zero attached hydrogens (tertiary/aromatic N) is 1. The van der Waals surface area contributed by atoms with Gasteiger partial charge in [-0.2, -0.15) is 0 Å². The van der Waals surface area contributed by atoms with Gasteiger partial charge in [0.25, 0.3) is 5.91 Å². The first kappa shape index (κ1) is 11.4. The lowest BCUT2D eigenvalue weighted by Gasteiger charge is -2.38. The molecule has 4 nitrogen and oxygen atoms in total. The van der Waals surface area contributed by atoms with E-state index in [0.29, 0.717) is 24.3 Å². The number of anilines is 1. The summed E-state index contributed by atoms with van der Waals surface area (Å²) < 4.78 is 0.792. The summed E-state index contributed by atoms with van der Waals surface area (Å²) in [6.07, 6.45) is 0. The highest BCUT2D eigenvalue weighted by Gasteiger charge is 2.30. The van der Waals surface area contributed by atoms with E-state index in [2.05, 4.69) is 15.9 Å². The second-order valence-electron chi connectivity index (χ2n) is 4.00. The lowest BCUT2D eigenvalue weighted by atomic mass is 10.00. The van der Waals surface area contributed by atoms with Crippen LogP contribution in [-0.4, -0.2) is 35.6 Å². The lowest BCUT2D eigenvalue weighted by Crippen LogP contribution is -2.51. The van der Waals surface area contributed by atoms with Crippen molar-refractivity contribution in [2.24, 2.45) is 5.92 Å². The van der Waals surface area contributed by atoms with E-state index in [4.69, 9.17) is 10.8 Å². The number of hydrogen-bond donors (Lipinski definition) is 2. The van der Waals surface area contributed by atoms with Crippen LogP contribution in [0.3, 0.4) is 0 Å². The maximum Gasteiger partial charge on any atom is 0.253 e. The summed E-state index contributed by atoms with van der Waals surface area (Å²) in [6.45, 7) is 1.41. The molecule has 0 atom stereocenters. The Hall–Kier alpha value is -1.07. The van der Waals surface area contributed by atoms with Crippen molar-refractivity contribution in [2.75, 3.05) is 25.4 Å². The van der Waals surface area contributed by atoms with E-state index in [-0.39, 0.29) is 18.4 Å². The largest absolute Gasteiger partial charge is 0.398 e. The summed E-state index contributed by atoms with van der Waals surface area (Å²) in [5.41, 5.74) is 6.87. The zero-order valence-electron chi connectivity index (χ0n) is 8.69. The Morgan fingerprint density at radius 2 is 2.25 bits per heavy atom. The SMILES string of the molecule is Nc1cc(C(=O)N2CC(CO)C2)ccc1Br. The number of rotatable bonds is 2. The molecule has 0 bridgehead atoms. The van der Waals surface area contributed by atoms with Gasteiger partial charge in [-0.1, -0.05) is 0 Å². The maximum absolute atomic E-state index is 11.9. The number of halogens is 1. The highest BCUT2D eigenvalue weighted by Crippen LogP contribution is 2.23. The minimum atomic E-state index is -0.0242. The second-order valence-corrected chi connectivity index (χ2v) is 4.85. The normalized spacial score (nSPS) is 16.0. The van der Waals surface area contributed by atoms with Crippen molar-refractivity contribution in [1.82, 2.24) is 4.90 Å². The first-order chi connectivity index (χ1) is 7.61. The molecule has 86 valence electrons. The Morgan fingerprint density at radius 1 is 1.56 bits per heavy atom. The molecule has 0 saturated carbocycles. The number of carbonyl (C=O) groups is 1. The molecule has 0 radical (unpaired) electrons. The number of nitrogen functional groups attached to an aromatic ring is 1. The quantitative estimate of drug-likeness (QED) is 0.799. The van der Waals surface area contributed by atoms with Gasteiger partial charge in [-0.05, 0) is 34.1 Å². The molecule has 1 heterocycles. The van der Waals surface area contributed by atoms with Gasteiger partial charge in [0.1, 0.15) is 0 Å². The maximum atomic E-state index is 11.9. The first-order valence-electron chi connectivity index (χ1n) is 5.07. The average Bonchev–Trinajstić information content (AvgIpc) is 2.20. The van der Waals surface area contributed by atoms with Crippen LogP contribution in [0.25, 0.3) is 0 Å². The van der Waals surface area contributed by atoms with E-state index < -0.39 is 0 Å². The summed E-state index contributed by atoms with van der Waals surface area (Å²) in [5.74, 6) is 0.209. The van der Waals surface area contributed by atoms with E-state index in [1.165, 1.54) is 0 Å². The van der Waals surface area contributed by atoms with Crippen molar-refractivity contribution in [3.05, 3.63) is 28.2 Å². The van der Waals surface area contributed by atoms with E-state index >= 15 is 0 Å². The first-order valence-corrected chi connectivity index (χ1v) is 5.86. The second kappa shape index (κ2) is 4.43. The molecule has 3 N–H and O–H groups in total. The van der Waals surface area contributed by atoms with Crippen LogP contribution >= 0.6 is 15.9 Å². The summed E-state index contributed by atoms with van der Waals surface area (Å²) in [6, 6.07) is 5.18. The van der Waals surface area contributed by atoms with Crippen molar-refractivity contribution >= 4 is 27.5 Å². The number of hydrogen-bond acceptors (Lipinski definition) is 3. The predicted octanol–water partition coefficient (Wildman–Crippen LogP) is 1.10. The number of aliphatic hydroxyl groups is 1. The standard InChI is InChI=1S/C11H13BrN2O2/c12-9-2-1-8(3-10(9)13)11(16)14-4-7(5-14)6-15/h1-3,7,15H,4-6,13H2. The fraction of sp³-hybridized carbons (Fsp3) is 0.364. The van der Waals surface area contributed by atoms with Gasteiger partial charge in [-0.3, -0.25) is 4.79 Å². The third-order valence-electron chi connectivity index (χ3n) is 2.75. The number of benzene rings is 1. The topological polar surface area (TPSA) is 66.6 Å².